The number of rotatable bonds is 4. The molecule has 0 unspecified atom stereocenters. The van der Waals surface area contributed by atoms with Gasteiger partial charge < -0.3 is 19.0 Å². The smallest absolute Gasteiger partial charge is 0.275 e. The number of benzene rings is 1. The minimum Gasteiger partial charge on any atom is -0.447 e. The molecule has 4 rings (SSSR count). The fourth-order valence-corrected chi connectivity index (χ4v) is 3.83. The fourth-order valence-electron chi connectivity index (χ4n) is 3.83. The highest BCUT2D eigenvalue weighted by atomic mass is 16.5. The highest BCUT2D eigenvalue weighted by molar-refractivity contribution is 5.92. The van der Waals surface area contributed by atoms with Crippen LogP contribution in [-0.4, -0.2) is 73.2 Å². The van der Waals surface area contributed by atoms with Crippen LogP contribution in [0.15, 0.2) is 28.9 Å². The summed E-state index contributed by atoms with van der Waals surface area (Å²) < 4.78 is 10.9. The second-order valence-corrected chi connectivity index (χ2v) is 7.51. The Balaban J connectivity index is 1.32. The molecule has 2 aliphatic heterocycles. The average Bonchev–Trinajstić information content (AvgIpc) is 3.19. The van der Waals surface area contributed by atoms with E-state index in [2.05, 4.69) is 46.8 Å². The van der Waals surface area contributed by atoms with Crippen molar-refractivity contribution in [2.24, 2.45) is 0 Å². The van der Waals surface area contributed by atoms with E-state index in [9.17, 15) is 4.79 Å². The number of anilines is 1. The Morgan fingerprint density at radius 3 is 2.57 bits per heavy atom. The third-order valence-electron chi connectivity index (χ3n) is 5.72. The van der Waals surface area contributed by atoms with Crippen LogP contribution >= 0.6 is 0 Å². The van der Waals surface area contributed by atoms with E-state index in [0.29, 0.717) is 44.4 Å². The van der Waals surface area contributed by atoms with Crippen LogP contribution in [0.4, 0.5) is 5.69 Å². The zero-order chi connectivity index (χ0) is 19.5. The molecule has 28 heavy (non-hydrogen) atoms. The van der Waals surface area contributed by atoms with Gasteiger partial charge in [-0.1, -0.05) is 12.1 Å². The summed E-state index contributed by atoms with van der Waals surface area (Å²) in [5.74, 6) is 0.537. The third kappa shape index (κ3) is 4.05. The van der Waals surface area contributed by atoms with Crippen LogP contribution in [0, 0.1) is 13.8 Å². The number of carbonyl (C=O) groups is 1. The van der Waals surface area contributed by atoms with Gasteiger partial charge in [0.25, 0.3) is 5.91 Å². The van der Waals surface area contributed by atoms with Gasteiger partial charge in [-0.25, -0.2) is 4.98 Å². The molecule has 0 N–H and O–H groups in total. The van der Waals surface area contributed by atoms with Crippen LogP contribution in [0.5, 0.6) is 0 Å². The Kier molecular flexibility index (Phi) is 5.64. The standard InChI is InChI=1S/C21H28N4O3/c1-16-4-3-5-19(17(16)2)24-8-6-23(7-9-24)14-20-22-18(15-28-20)21(26)25-10-12-27-13-11-25/h3-5,15H,6-14H2,1-2H3. The largest absolute Gasteiger partial charge is 0.447 e. The second-order valence-electron chi connectivity index (χ2n) is 7.51. The molecule has 0 bridgehead atoms. The van der Waals surface area contributed by atoms with Gasteiger partial charge in [-0.2, -0.15) is 0 Å². The zero-order valence-electron chi connectivity index (χ0n) is 16.7. The van der Waals surface area contributed by atoms with E-state index in [1.54, 1.807) is 4.90 Å². The van der Waals surface area contributed by atoms with Crippen molar-refractivity contribution in [1.82, 2.24) is 14.8 Å². The molecule has 150 valence electrons. The molecular formula is C21H28N4O3. The molecule has 2 aliphatic rings. The molecular weight excluding hydrogens is 356 g/mol. The summed E-state index contributed by atoms with van der Waals surface area (Å²) in [7, 11) is 0. The Hall–Kier alpha value is -2.38. The van der Waals surface area contributed by atoms with Crippen molar-refractivity contribution >= 4 is 11.6 Å². The number of amides is 1. The van der Waals surface area contributed by atoms with Gasteiger partial charge in [0.05, 0.1) is 19.8 Å². The van der Waals surface area contributed by atoms with Gasteiger partial charge in [0, 0.05) is 45.0 Å². The lowest BCUT2D eigenvalue weighted by Gasteiger charge is -2.36. The summed E-state index contributed by atoms with van der Waals surface area (Å²) >= 11 is 0. The number of ether oxygens (including phenoxy) is 1. The van der Waals surface area contributed by atoms with Crippen LogP contribution in [0.1, 0.15) is 27.5 Å². The third-order valence-corrected chi connectivity index (χ3v) is 5.72. The van der Waals surface area contributed by atoms with Gasteiger partial charge in [0.1, 0.15) is 6.26 Å². The summed E-state index contributed by atoms with van der Waals surface area (Å²) in [6, 6.07) is 6.49. The van der Waals surface area contributed by atoms with E-state index in [1.807, 2.05) is 0 Å². The molecule has 2 saturated heterocycles. The van der Waals surface area contributed by atoms with Crippen LogP contribution in [0.25, 0.3) is 0 Å². The first-order valence-corrected chi connectivity index (χ1v) is 9.97. The van der Waals surface area contributed by atoms with Crippen molar-refractivity contribution in [3.05, 3.63) is 47.2 Å². The number of piperazine rings is 1. The van der Waals surface area contributed by atoms with E-state index >= 15 is 0 Å². The SMILES string of the molecule is Cc1cccc(N2CCN(Cc3nc(C(=O)N4CCOCC4)co3)CC2)c1C. The number of carbonyl (C=O) groups excluding carboxylic acids is 1. The molecule has 2 aromatic rings. The quantitative estimate of drug-likeness (QED) is 0.804. The van der Waals surface area contributed by atoms with Crippen molar-refractivity contribution in [2.45, 2.75) is 20.4 Å². The average molecular weight is 384 g/mol. The second kappa shape index (κ2) is 8.32. The predicted octanol–water partition coefficient (Wildman–Crippen LogP) is 2.09. The monoisotopic (exact) mass is 384 g/mol. The first-order valence-electron chi connectivity index (χ1n) is 9.97. The number of aromatic nitrogens is 1. The van der Waals surface area contributed by atoms with Gasteiger partial charge in [0.2, 0.25) is 5.89 Å². The van der Waals surface area contributed by atoms with Crippen molar-refractivity contribution in [1.29, 1.82) is 0 Å². The van der Waals surface area contributed by atoms with Crippen LogP contribution in [-0.2, 0) is 11.3 Å². The Morgan fingerprint density at radius 2 is 1.82 bits per heavy atom. The normalized spacial score (nSPS) is 18.5. The molecule has 7 heteroatoms. The van der Waals surface area contributed by atoms with Gasteiger partial charge in [-0.3, -0.25) is 9.69 Å². The maximum absolute atomic E-state index is 12.5. The Labute approximate surface area is 165 Å². The van der Waals surface area contributed by atoms with E-state index in [4.69, 9.17) is 9.15 Å². The van der Waals surface area contributed by atoms with E-state index in [1.165, 1.54) is 23.1 Å². The zero-order valence-corrected chi connectivity index (χ0v) is 16.7. The van der Waals surface area contributed by atoms with Crippen LogP contribution in [0.2, 0.25) is 0 Å². The van der Waals surface area contributed by atoms with E-state index in [0.717, 1.165) is 26.2 Å². The van der Waals surface area contributed by atoms with Crippen molar-refractivity contribution in [2.75, 3.05) is 57.4 Å². The minimum absolute atomic E-state index is 0.0713. The molecule has 0 spiro atoms. The van der Waals surface area contributed by atoms with Gasteiger partial charge >= 0.3 is 0 Å². The molecule has 3 heterocycles. The molecule has 1 aromatic heterocycles. The highest BCUT2D eigenvalue weighted by Crippen LogP contribution is 2.24. The maximum Gasteiger partial charge on any atom is 0.275 e. The lowest BCUT2D eigenvalue weighted by molar-refractivity contribution is 0.0299. The number of morpholine rings is 1. The number of hydrogen-bond donors (Lipinski definition) is 0. The van der Waals surface area contributed by atoms with Crippen LogP contribution in [0.3, 0.4) is 0 Å². The molecule has 0 saturated carbocycles. The van der Waals surface area contributed by atoms with Crippen molar-refractivity contribution in [3.63, 3.8) is 0 Å². The van der Waals surface area contributed by atoms with Crippen LogP contribution < -0.4 is 4.90 Å². The summed E-state index contributed by atoms with van der Waals surface area (Å²) in [5, 5.41) is 0. The lowest BCUT2D eigenvalue weighted by atomic mass is 10.1. The molecule has 0 aliphatic carbocycles. The number of nitrogens with zero attached hydrogens (tertiary/aromatic N) is 4. The number of oxazole rings is 1. The number of hydrogen-bond acceptors (Lipinski definition) is 6. The fraction of sp³-hybridized carbons (Fsp3) is 0.524. The van der Waals surface area contributed by atoms with E-state index < -0.39 is 0 Å². The molecule has 0 radical (unpaired) electrons. The Morgan fingerprint density at radius 1 is 1.07 bits per heavy atom. The molecule has 2 fully saturated rings. The first kappa shape index (κ1) is 19.0. The summed E-state index contributed by atoms with van der Waals surface area (Å²) in [5.41, 5.74) is 4.41. The summed E-state index contributed by atoms with van der Waals surface area (Å²) in [4.78, 5) is 23.5. The lowest BCUT2D eigenvalue weighted by Crippen LogP contribution is -2.46. The van der Waals surface area contributed by atoms with E-state index in [-0.39, 0.29) is 5.91 Å². The molecule has 1 aromatic carbocycles. The molecule has 1 amide bonds. The molecule has 0 atom stereocenters. The van der Waals surface area contributed by atoms with Gasteiger partial charge in [-0.05, 0) is 31.0 Å². The predicted molar refractivity (Wildman–Crippen MR) is 107 cm³/mol. The topological polar surface area (TPSA) is 62.0 Å². The highest BCUT2D eigenvalue weighted by Gasteiger charge is 2.24. The number of aryl methyl sites for hydroxylation is 1. The first-order chi connectivity index (χ1) is 13.6. The van der Waals surface area contributed by atoms with Crippen molar-refractivity contribution in [3.8, 4) is 0 Å². The van der Waals surface area contributed by atoms with Crippen molar-refractivity contribution < 1.29 is 13.9 Å². The van der Waals surface area contributed by atoms with Gasteiger partial charge in [0.15, 0.2) is 5.69 Å². The maximum atomic E-state index is 12.5. The summed E-state index contributed by atoms with van der Waals surface area (Å²) in [6.07, 6.45) is 1.49. The molecule has 7 nitrogen and oxygen atoms in total. The summed E-state index contributed by atoms with van der Waals surface area (Å²) in [6.45, 7) is 11.2. The minimum atomic E-state index is -0.0713. The van der Waals surface area contributed by atoms with Gasteiger partial charge in [-0.15, -0.1) is 0 Å². The Bertz CT molecular complexity index is 821.